The fourth-order valence-electron chi connectivity index (χ4n) is 3.77. The van der Waals surface area contributed by atoms with E-state index < -0.39 is 0 Å². The van der Waals surface area contributed by atoms with Crippen LogP contribution < -0.4 is 10.6 Å². The summed E-state index contributed by atoms with van der Waals surface area (Å²) in [5, 5.41) is 9.68. The summed E-state index contributed by atoms with van der Waals surface area (Å²) in [5.41, 5.74) is 3.48. The average molecular weight is 334 g/mol. The van der Waals surface area contributed by atoms with Crippen LogP contribution in [0.2, 0.25) is 0 Å². The Kier molecular flexibility index (Phi) is 4.41. The molecule has 0 fully saturated rings. The van der Waals surface area contributed by atoms with E-state index in [1.54, 1.807) is 6.07 Å². The third-order valence-corrected chi connectivity index (χ3v) is 5.16. The van der Waals surface area contributed by atoms with Gasteiger partial charge in [-0.1, -0.05) is 42.5 Å². The number of benzene rings is 3. The van der Waals surface area contributed by atoms with Gasteiger partial charge in [0.2, 0.25) is 0 Å². The standard InChI is InChI=1S/C22H23FN2/c1-15(20-8-4-6-17-5-2-3-7-21(17)20)24-13-16-11-18-12-19(23)9-10-22(18)25-14-16/h2-10,12,15-16,24-25H,11,13-14H2,1H3. The average Bonchev–Trinajstić information content (AvgIpc) is 2.65. The van der Waals surface area contributed by atoms with Crippen LogP contribution in [0.15, 0.2) is 60.7 Å². The van der Waals surface area contributed by atoms with E-state index in [0.717, 1.165) is 30.8 Å². The van der Waals surface area contributed by atoms with Crippen molar-refractivity contribution in [1.29, 1.82) is 0 Å². The summed E-state index contributed by atoms with van der Waals surface area (Å²) < 4.78 is 13.5. The smallest absolute Gasteiger partial charge is 0.123 e. The molecule has 0 saturated carbocycles. The van der Waals surface area contributed by atoms with Gasteiger partial charge in [-0.2, -0.15) is 0 Å². The zero-order valence-corrected chi connectivity index (χ0v) is 14.4. The quantitative estimate of drug-likeness (QED) is 0.708. The molecule has 4 rings (SSSR count). The number of hydrogen-bond donors (Lipinski definition) is 2. The minimum atomic E-state index is -0.154. The van der Waals surface area contributed by atoms with Gasteiger partial charge in [-0.15, -0.1) is 0 Å². The molecule has 25 heavy (non-hydrogen) atoms. The monoisotopic (exact) mass is 334 g/mol. The molecule has 1 aliphatic heterocycles. The molecule has 0 amide bonds. The highest BCUT2D eigenvalue weighted by Crippen LogP contribution is 2.27. The number of rotatable bonds is 4. The second kappa shape index (κ2) is 6.85. The van der Waals surface area contributed by atoms with Crippen molar-refractivity contribution in [2.24, 2.45) is 5.92 Å². The summed E-state index contributed by atoms with van der Waals surface area (Å²) in [6, 6.07) is 20.3. The SMILES string of the molecule is CC(NCC1CNc2ccc(F)cc2C1)c1cccc2ccccc12. The van der Waals surface area contributed by atoms with E-state index in [1.807, 2.05) is 6.07 Å². The minimum absolute atomic E-state index is 0.154. The van der Waals surface area contributed by atoms with Crippen LogP contribution in [-0.2, 0) is 6.42 Å². The molecule has 1 aliphatic rings. The normalized spacial score (nSPS) is 17.8. The first-order chi connectivity index (χ1) is 12.2. The number of hydrogen-bond acceptors (Lipinski definition) is 2. The van der Waals surface area contributed by atoms with Gasteiger partial charge in [0, 0.05) is 24.8 Å². The van der Waals surface area contributed by atoms with Gasteiger partial charge in [0.05, 0.1) is 0 Å². The van der Waals surface area contributed by atoms with Crippen molar-refractivity contribution in [1.82, 2.24) is 5.32 Å². The van der Waals surface area contributed by atoms with Gasteiger partial charge in [0.1, 0.15) is 5.82 Å². The lowest BCUT2D eigenvalue weighted by Gasteiger charge is -2.28. The van der Waals surface area contributed by atoms with Crippen LogP contribution in [0, 0.1) is 11.7 Å². The Balaban J connectivity index is 1.44. The van der Waals surface area contributed by atoms with Gasteiger partial charge in [0.25, 0.3) is 0 Å². The molecule has 1 heterocycles. The summed E-state index contributed by atoms with van der Waals surface area (Å²) >= 11 is 0. The van der Waals surface area contributed by atoms with Crippen LogP contribution in [0.3, 0.4) is 0 Å². The Morgan fingerprint density at radius 2 is 1.96 bits per heavy atom. The Morgan fingerprint density at radius 3 is 2.88 bits per heavy atom. The van der Waals surface area contributed by atoms with Crippen LogP contribution in [0.4, 0.5) is 10.1 Å². The maximum absolute atomic E-state index is 13.5. The summed E-state index contributed by atoms with van der Waals surface area (Å²) in [6.07, 6.45) is 0.912. The molecule has 0 aromatic heterocycles. The molecule has 0 bridgehead atoms. The lowest BCUT2D eigenvalue weighted by Crippen LogP contribution is -2.33. The number of fused-ring (bicyclic) bond motifs is 2. The molecule has 3 heteroatoms. The van der Waals surface area contributed by atoms with Gasteiger partial charge in [-0.25, -0.2) is 4.39 Å². The Morgan fingerprint density at radius 1 is 1.12 bits per heavy atom. The van der Waals surface area contributed by atoms with Gasteiger partial charge < -0.3 is 10.6 Å². The number of anilines is 1. The van der Waals surface area contributed by atoms with Crippen molar-refractivity contribution in [2.75, 3.05) is 18.4 Å². The highest BCUT2D eigenvalue weighted by atomic mass is 19.1. The predicted octanol–water partition coefficient (Wildman–Crippen LogP) is 4.91. The van der Waals surface area contributed by atoms with Gasteiger partial charge in [-0.3, -0.25) is 0 Å². The molecule has 0 spiro atoms. The lowest BCUT2D eigenvalue weighted by atomic mass is 9.93. The van der Waals surface area contributed by atoms with Crippen molar-refractivity contribution < 1.29 is 4.39 Å². The van der Waals surface area contributed by atoms with Crippen molar-refractivity contribution in [3.63, 3.8) is 0 Å². The summed E-state index contributed by atoms with van der Waals surface area (Å²) in [5.74, 6) is 0.310. The molecule has 0 saturated heterocycles. The van der Waals surface area contributed by atoms with Crippen molar-refractivity contribution in [3.05, 3.63) is 77.6 Å². The zero-order chi connectivity index (χ0) is 17.2. The Labute approximate surface area is 148 Å². The van der Waals surface area contributed by atoms with Crippen molar-refractivity contribution in [2.45, 2.75) is 19.4 Å². The van der Waals surface area contributed by atoms with Crippen LogP contribution in [0.5, 0.6) is 0 Å². The van der Waals surface area contributed by atoms with E-state index in [9.17, 15) is 4.39 Å². The highest BCUT2D eigenvalue weighted by molar-refractivity contribution is 5.86. The number of halogens is 1. The molecule has 3 aromatic rings. The van der Waals surface area contributed by atoms with E-state index in [2.05, 4.69) is 60.0 Å². The summed E-state index contributed by atoms with van der Waals surface area (Å²) in [4.78, 5) is 0. The van der Waals surface area contributed by atoms with Gasteiger partial charge >= 0.3 is 0 Å². The molecule has 2 N–H and O–H groups in total. The first kappa shape index (κ1) is 16.1. The van der Waals surface area contributed by atoms with E-state index >= 15 is 0 Å². The predicted molar refractivity (Wildman–Crippen MR) is 102 cm³/mol. The molecule has 2 nitrogen and oxygen atoms in total. The zero-order valence-electron chi connectivity index (χ0n) is 14.4. The molecule has 2 unspecified atom stereocenters. The van der Waals surface area contributed by atoms with Crippen molar-refractivity contribution in [3.8, 4) is 0 Å². The highest BCUT2D eigenvalue weighted by Gasteiger charge is 2.19. The Hall–Kier alpha value is -2.39. The maximum Gasteiger partial charge on any atom is 0.123 e. The largest absolute Gasteiger partial charge is 0.384 e. The number of nitrogens with one attached hydrogen (secondary N) is 2. The van der Waals surface area contributed by atoms with Crippen LogP contribution in [-0.4, -0.2) is 13.1 Å². The van der Waals surface area contributed by atoms with Crippen LogP contribution >= 0.6 is 0 Å². The minimum Gasteiger partial charge on any atom is -0.384 e. The van der Waals surface area contributed by atoms with Gasteiger partial charge in [-0.05, 0) is 59.4 Å². The van der Waals surface area contributed by atoms with Crippen LogP contribution in [0.1, 0.15) is 24.1 Å². The van der Waals surface area contributed by atoms with Crippen LogP contribution in [0.25, 0.3) is 10.8 Å². The lowest BCUT2D eigenvalue weighted by molar-refractivity contribution is 0.449. The van der Waals surface area contributed by atoms with E-state index in [-0.39, 0.29) is 11.9 Å². The van der Waals surface area contributed by atoms with E-state index in [1.165, 1.54) is 22.4 Å². The van der Waals surface area contributed by atoms with Gasteiger partial charge in [0.15, 0.2) is 0 Å². The van der Waals surface area contributed by atoms with E-state index in [0.29, 0.717) is 5.92 Å². The molecule has 0 aliphatic carbocycles. The molecule has 0 radical (unpaired) electrons. The summed E-state index contributed by atoms with van der Waals surface area (Å²) in [6.45, 7) is 4.05. The molecular weight excluding hydrogens is 311 g/mol. The topological polar surface area (TPSA) is 24.1 Å². The molecular formula is C22H23FN2. The Bertz CT molecular complexity index is 885. The third kappa shape index (κ3) is 3.38. The molecule has 3 aromatic carbocycles. The maximum atomic E-state index is 13.5. The second-order valence-electron chi connectivity index (χ2n) is 6.95. The fraction of sp³-hybridized carbons (Fsp3) is 0.273. The molecule has 2 atom stereocenters. The first-order valence-corrected chi connectivity index (χ1v) is 8.94. The second-order valence-corrected chi connectivity index (χ2v) is 6.95. The first-order valence-electron chi connectivity index (χ1n) is 8.94. The fourth-order valence-corrected chi connectivity index (χ4v) is 3.77. The summed E-state index contributed by atoms with van der Waals surface area (Å²) in [7, 11) is 0. The van der Waals surface area contributed by atoms with Crippen molar-refractivity contribution >= 4 is 16.5 Å². The van der Waals surface area contributed by atoms with E-state index in [4.69, 9.17) is 0 Å². The third-order valence-electron chi connectivity index (χ3n) is 5.16. The molecule has 128 valence electrons.